The van der Waals surface area contributed by atoms with Crippen molar-refractivity contribution in [1.82, 2.24) is 4.90 Å². The average molecular weight is 203 g/mol. The van der Waals surface area contributed by atoms with E-state index in [-0.39, 0.29) is 0 Å². The first-order valence-corrected chi connectivity index (χ1v) is 5.82. The Balaban J connectivity index is 1.74. The van der Waals surface area contributed by atoms with Crippen molar-refractivity contribution >= 4 is 0 Å². The molecule has 2 aliphatic rings. The summed E-state index contributed by atoms with van der Waals surface area (Å²) in [5.41, 5.74) is 3.05. The van der Waals surface area contributed by atoms with Crippen LogP contribution >= 0.6 is 0 Å². The van der Waals surface area contributed by atoms with Crippen LogP contribution in [0.5, 0.6) is 0 Å². The van der Waals surface area contributed by atoms with Gasteiger partial charge in [-0.15, -0.1) is 0 Å². The first-order valence-electron chi connectivity index (χ1n) is 5.82. The maximum atomic E-state index is 5.30. The first-order chi connectivity index (χ1) is 7.42. The van der Waals surface area contributed by atoms with E-state index in [0.717, 1.165) is 19.7 Å². The van der Waals surface area contributed by atoms with Crippen molar-refractivity contribution in [3.8, 4) is 0 Å². The average Bonchev–Trinajstić information content (AvgIpc) is 3.04. The predicted octanol–water partition coefficient (Wildman–Crippen LogP) is 1.83. The lowest BCUT2D eigenvalue weighted by atomic mass is 10.0. The third-order valence-electron chi connectivity index (χ3n) is 3.30. The number of benzene rings is 1. The van der Waals surface area contributed by atoms with Crippen LogP contribution < -0.4 is 0 Å². The van der Waals surface area contributed by atoms with Crippen LogP contribution in [0.15, 0.2) is 24.3 Å². The largest absolute Gasteiger partial charge is 0.372 e. The number of nitrogens with zero attached hydrogens (tertiary/aromatic N) is 1. The van der Waals surface area contributed by atoms with E-state index >= 15 is 0 Å². The molecule has 1 fully saturated rings. The third-order valence-corrected chi connectivity index (χ3v) is 3.30. The number of epoxide rings is 1. The Morgan fingerprint density at radius 3 is 2.87 bits per heavy atom. The number of rotatable bonds is 2. The minimum absolute atomic E-state index is 0.523. The molecule has 1 aromatic rings. The molecule has 3 rings (SSSR count). The number of hydrogen-bond acceptors (Lipinski definition) is 2. The van der Waals surface area contributed by atoms with Crippen molar-refractivity contribution in [2.24, 2.45) is 0 Å². The number of ether oxygens (including phenoxy) is 1. The number of aryl methyl sites for hydroxylation is 1. The highest BCUT2D eigenvalue weighted by atomic mass is 16.6. The van der Waals surface area contributed by atoms with Gasteiger partial charge < -0.3 is 4.74 Å². The van der Waals surface area contributed by atoms with Crippen LogP contribution in [0.1, 0.15) is 17.5 Å². The molecule has 2 nitrogen and oxygen atoms in total. The van der Waals surface area contributed by atoms with E-state index in [9.17, 15) is 0 Å². The Kier molecular flexibility index (Phi) is 2.47. The van der Waals surface area contributed by atoms with Gasteiger partial charge in [0.15, 0.2) is 0 Å². The zero-order valence-corrected chi connectivity index (χ0v) is 8.98. The van der Waals surface area contributed by atoms with Crippen LogP contribution in [0.3, 0.4) is 0 Å². The van der Waals surface area contributed by atoms with Crippen molar-refractivity contribution in [3.63, 3.8) is 0 Å². The van der Waals surface area contributed by atoms with E-state index in [2.05, 4.69) is 29.2 Å². The summed E-state index contributed by atoms with van der Waals surface area (Å²) in [5, 5.41) is 0. The molecule has 0 saturated carbocycles. The van der Waals surface area contributed by atoms with Crippen molar-refractivity contribution in [2.75, 3.05) is 19.7 Å². The molecular weight excluding hydrogens is 186 g/mol. The molecule has 0 radical (unpaired) electrons. The van der Waals surface area contributed by atoms with Crippen molar-refractivity contribution in [1.29, 1.82) is 0 Å². The second kappa shape index (κ2) is 3.95. The molecule has 2 heterocycles. The van der Waals surface area contributed by atoms with E-state index in [1.807, 2.05) is 0 Å². The molecule has 0 N–H and O–H groups in total. The second-order valence-electron chi connectivity index (χ2n) is 4.56. The molecule has 2 aliphatic heterocycles. The van der Waals surface area contributed by atoms with Gasteiger partial charge in [0.05, 0.1) is 12.7 Å². The van der Waals surface area contributed by atoms with Gasteiger partial charge in [-0.3, -0.25) is 4.90 Å². The second-order valence-corrected chi connectivity index (χ2v) is 4.56. The van der Waals surface area contributed by atoms with Gasteiger partial charge in [-0.2, -0.15) is 0 Å². The van der Waals surface area contributed by atoms with Gasteiger partial charge in [-0.05, 0) is 30.5 Å². The number of hydrogen-bond donors (Lipinski definition) is 0. The molecular formula is C13H17NO. The fourth-order valence-electron chi connectivity index (χ4n) is 2.39. The third kappa shape index (κ3) is 2.21. The van der Waals surface area contributed by atoms with Gasteiger partial charge in [-0.25, -0.2) is 0 Å². The Labute approximate surface area is 90.8 Å². The minimum Gasteiger partial charge on any atom is -0.372 e. The fourth-order valence-corrected chi connectivity index (χ4v) is 2.39. The van der Waals surface area contributed by atoms with E-state index in [1.165, 1.54) is 30.5 Å². The summed E-state index contributed by atoms with van der Waals surface area (Å²) in [6, 6.07) is 8.84. The topological polar surface area (TPSA) is 15.8 Å². The number of fused-ring (bicyclic) bond motifs is 1. The molecule has 1 atom stereocenters. The highest BCUT2D eigenvalue weighted by Crippen LogP contribution is 2.20. The molecule has 0 bridgehead atoms. The van der Waals surface area contributed by atoms with Gasteiger partial charge in [0.1, 0.15) is 0 Å². The fraction of sp³-hybridized carbons (Fsp3) is 0.538. The lowest BCUT2D eigenvalue weighted by Gasteiger charge is -2.18. The molecule has 0 unspecified atom stereocenters. The molecule has 1 saturated heterocycles. The van der Waals surface area contributed by atoms with Gasteiger partial charge in [-0.1, -0.05) is 24.3 Å². The van der Waals surface area contributed by atoms with Gasteiger partial charge in [0.2, 0.25) is 0 Å². The summed E-state index contributed by atoms with van der Waals surface area (Å²) in [6.07, 6.45) is 3.04. The lowest BCUT2D eigenvalue weighted by molar-refractivity contribution is 0.238. The van der Waals surface area contributed by atoms with E-state index in [0.29, 0.717) is 6.10 Å². The van der Waals surface area contributed by atoms with Crippen molar-refractivity contribution in [2.45, 2.75) is 25.5 Å². The highest BCUT2D eigenvalue weighted by Gasteiger charge is 2.26. The predicted molar refractivity (Wildman–Crippen MR) is 59.8 cm³/mol. The quantitative estimate of drug-likeness (QED) is 0.682. The summed E-state index contributed by atoms with van der Waals surface area (Å²) in [4.78, 5) is 2.53. The van der Waals surface area contributed by atoms with Crippen LogP contribution in [-0.4, -0.2) is 30.7 Å². The first kappa shape index (κ1) is 9.37. The minimum atomic E-state index is 0.523. The Bertz CT molecular complexity index is 346. The van der Waals surface area contributed by atoms with Gasteiger partial charge in [0, 0.05) is 13.1 Å². The van der Waals surface area contributed by atoms with Gasteiger partial charge >= 0.3 is 0 Å². The Morgan fingerprint density at radius 2 is 2.07 bits per heavy atom. The summed E-state index contributed by atoms with van der Waals surface area (Å²) in [7, 11) is 0. The molecule has 0 aliphatic carbocycles. The maximum Gasteiger partial charge on any atom is 0.0936 e. The van der Waals surface area contributed by atoms with E-state index < -0.39 is 0 Å². The molecule has 1 aromatic carbocycles. The van der Waals surface area contributed by atoms with Crippen molar-refractivity contribution in [3.05, 3.63) is 35.4 Å². The standard InChI is InChI=1S/C13H17NO/c1-2-5-12-8-14(9-13-10-15-13)7-3-6-11(12)4-1/h1-2,4-5,13H,3,6-10H2/t13-/m0/s1. The van der Waals surface area contributed by atoms with Crippen LogP contribution in [0.2, 0.25) is 0 Å². The summed E-state index contributed by atoms with van der Waals surface area (Å²) in [6.45, 7) is 4.41. The maximum absolute atomic E-state index is 5.30. The van der Waals surface area contributed by atoms with Crippen LogP contribution in [0.4, 0.5) is 0 Å². The SMILES string of the molecule is c1ccc2c(c1)CCCN(C[C@H]1CO1)C2. The van der Waals surface area contributed by atoms with Crippen molar-refractivity contribution < 1.29 is 4.74 Å². The lowest BCUT2D eigenvalue weighted by Crippen LogP contribution is -2.27. The zero-order chi connectivity index (χ0) is 10.1. The molecule has 0 amide bonds. The van der Waals surface area contributed by atoms with Gasteiger partial charge in [0.25, 0.3) is 0 Å². The summed E-state index contributed by atoms with van der Waals surface area (Å²) < 4.78 is 5.30. The molecule has 80 valence electrons. The van der Waals surface area contributed by atoms with Crippen LogP contribution in [0, 0.1) is 0 Å². The Morgan fingerprint density at radius 1 is 1.27 bits per heavy atom. The molecule has 0 spiro atoms. The van der Waals surface area contributed by atoms with E-state index in [1.54, 1.807) is 0 Å². The van der Waals surface area contributed by atoms with E-state index in [4.69, 9.17) is 4.74 Å². The molecule has 0 aromatic heterocycles. The van der Waals surface area contributed by atoms with Crippen LogP contribution in [-0.2, 0) is 17.7 Å². The molecule has 15 heavy (non-hydrogen) atoms. The smallest absolute Gasteiger partial charge is 0.0936 e. The normalized spacial score (nSPS) is 25.7. The highest BCUT2D eigenvalue weighted by molar-refractivity contribution is 5.28. The monoisotopic (exact) mass is 203 g/mol. The summed E-state index contributed by atoms with van der Waals surface area (Å²) in [5.74, 6) is 0. The van der Waals surface area contributed by atoms with Crippen LogP contribution in [0.25, 0.3) is 0 Å². The summed E-state index contributed by atoms with van der Waals surface area (Å²) >= 11 is 0. The zero-order valence-electron chi connectivity index (χ0n) is 8.98. The Hall–Kier alpha value is -0.860. The molecule has 2 heteroatoms.